The van der Waals surface area contributed by atoms with E-state index in [1.54, 1.807) is 24.3 Å². The third-order valence-corrected chi connectivity index (χ3v) is 5.90. The first-order chi connectivity index (χ1) is 15.7. The Morgan fingerprint density at radius 3 is 2.21 bits per heavy atom. The van der Waals surface area contributed by atoms with Crippen molar-refractivity contribution < 1.29 is 29.5 Å². The van der Waals surface area contributed by atoms with Crippen molar-refractivity contribution in [2.45, 2.75) is 31.7 Å². The van der Waals surface area contributed by atoms with Gasteiger partial charge in [-0.1, -0.05) is 34.5 Å². The molecular formula is C23H21BrN2O7. The minimum Gasteiger partial charge on any atom is -0.507 e. The van der Waals surface area contributed by atoms with E-state index in [9.17, 15) is 29.6 Å². The SMILES string of the molecule is O=C(O)CCCCCN1C(=O)C(=O)C(=C(O)c2ccc(Br)cc2)[C@@H]1c1ccc([N+](=O)[O-])cc1. The van der Waals surface area contributed by atoms with Crippen molar-refractivity contribution in [2.24, 2.45) is 0 Å². The fourth-order valence-corrected chi connectivity index (χ4v) is 4.00. The zero-order valence-corrected chi connectivity index (χ0v) is 19.0. The molecule has 2 N–H and O–H groups in total. The highest BCUT2D eigenvalue weighted by atomic mass is 79.9. The van der Waals surface area contributed by atoms with Gasteiger partial charge in [-0.05, 0) is 42.7 Å². The number of rotatable bonds is 9. The van der Waals surface area contributed by atoms with Crippen LogP contribution in [0.3, 0.4) is 0 Å². The number of hydrogen-bond acceptors (Lipinski definition) is 6. The standard InChI is InChI=1S/C23H21BrN2O7/c24-16-9-5-15(6-10-16)21(29)19-20(14-7-11-17(12-8-14)26(32)33)25(23(31)22(19)30)13-3-1-2-4-18(27)28/h5-12,20,29H,1-4,13H2,(H,27,28)/t20-/m0/s1. The molecule has 1 aliphatic heterocycles. The minimum absolute atomic E-state index is 0.00810. The van der Waals surface area contributed by atoms with Gasteiger partial charge in [0.15, 0.2) is 0 Å². The zero-order valence-electron chi connectivity index (χ0n) is 17.4. The predicted octanol–water partition coefficient (Wildman–Crippen LogP) is 4.42. The number of non-ortho nitro benzene ring substituents is 1. The topological polar surface area (TPSA) is 138 Å². The molecule has 1 aliphatic rings. The lowest BCUT2D eigenvalue weighted by Gasteiger charge is -2.25. The zero-order chi connectivity index (χ0) is 24.1. The maximum Gasteiger partial charge on any atom is 0.303 e. The molecule has 9 nitrogen and oxygen atoms in total. The Balaban J connectivity index is 1.99. The number of aliphatic hydroxyl groups is 1. The molecule has 10 heteroatoms. The number of aliphatic carboxylic acids is 1. The molecule has 1 saturated heterocycles. The maximum absolute atomic E-state index is 12.9. The molecule has 33 heavy (non-hydrogen) atoms. The fourth-order valence-electron chi connectivity index (χ4n) is 3.73. The molecule has 0 saturated carbocycles. The van der Waals surface area contributed by atoms with Gasteiger partial charge in [0.1, 0.15) is 5.76 Å². The highest BCUT2D eigenvalue weighted by Gasteiger charge is 2.45. The number of carbonyl (C=O) groups excluding carboxylic acids is 2. The van der Waals surface area contributed by atoms with Crippen molar-refractivity contribution >= 4 is 45.0 Å². The second-order valence-corrected chi connectivity index (χ2v) is 8.47. The van der Waals surface area contributed by atoms with Gasteiger partial charge >= 0.3 is 5.97 Å². The number of nitro groups is 1. The second-order valence-electron chi connectivity index (χ2n) is 7.55. The largest absolute Gasteiger partial charge is 0.507 e. The van der Waals surface area contributed by atoms with Crippen LogP contribution in [-0.4, -0.2) is 44.2 Å². The Bertz CT molecular complexity index is 1110. The number of carboxylic acid groups (broad SMARTS) is 1. The van der Waals surface area contributed by atoms with Gasteiger partial charge in [0.05, 0.1) is 16.5 Å². The second kappa shape index (κ2) is 10.4. The van der Waals surface area contributed by atoms with Gasteiger partial charge in [-0.25, -0.2) is 0 Å². The molecule has 0 unspecified atom stereocenters. The highest BCUT2D eigenvalue weighted by molar-refractivity contribution is 9.10. The van der Waals surface area contributed by atoms with Crippen molar-refractivity contribution in [3.8, 4) is 0 Å². The summed E-state index contributed by atoms with van der Waals surface area (Å²) in [6.45, 7) is 0.170. The lowest BCUT2D eigenvalue weighted by molar-refractivity contribution is -0.384. The van der Waals surface area contributed by atoms with Crippen LogP contribution in [0.1, 0.15) is 42.9 Å². The molecule has 2 aromatic carbocycles. The van der Waals surface area contributed by atoms with Crippen LogP contribution >= 0.6 is 15.9 Å². The van der Waals surface area contributed by atoms with Crippen molar-refractivity contribution in [2.75, 3.05) is 6.54 Å². The Morgan fingerprint density at radius 1 is 1.00 bits per heavy atom. The Labute approximate surface area is 197 Å². The van der Waals surface area contributed by atoms with E-state index in [0.717, 1.165) is 4.47 Å². The average Bonchev–Trinajstić information content (AvgIpc) is 3.03. The first-order valence-corrected chi connectivity index (χ1v) is 11.0. The van der Waals surface area contributed by atoms with Crippen molar-refractivity contribution in [1.82, 2.24) is 4.90 Å². The smallest absolute Gasteiger partial charge is 0.303 e. The molecule has 3 rings (SSSR count). The van der Waals surface area contributed by atoms with Gasteiger partial charge < -0.3 is 15.1 Å². The van der Waals surface area contributed by atoms with Gasteiger partial charge in [0.25, 0.3) is 17.4 Å². The van der Waals surface area contributed by atoms with Gasteiger partial charge in [-0.3, -0.25) is 24.5 Å². The predicted molar refractivity (Wildman–Crippen MR) is 122 cm³/mol. The van der Waals surface area contributed by atoms with Gasteiger partial charge in [0.2, 0.25) is 0 Å². The molecule has 0 spiro atoms. The number of benzene rings is 2. The summed E-state index contributed by atoms with van der Waals surface area (Å²) in [5.41, 5.74) is 0.563. The summed E-state index contributed by atoms with van der Waals surface area (Å²) in [4.78, 5) is 48.3. The van der Waals surface area contributed by atoms with E-state index in [-0.39, 0.29) is 30.0 Å². The number of nitro benzene ring substituents is 1. The molecule has 172 valence electrons. The number of likely N-dealkylation sites (tertiary alicyclic amines) is 1. The number of halogens is 1. The monoisotopic (exact) mass is 516 g/mol. The molecule has 0 radical (unpaired) electrons. The third kappa shape index (κ3) is 5.46. The number of unbranched alkanes of at least 4 members (excludes halogenated alkanes) is 2. The molecule has 1 fully saturated rings. The first-order valence-electron chi connectivity index (χ1n) is 10.2. The normalized spacial score (nSPS) is 17.4. The van der Waals surface area contributed by atoms with E-state index in [0.29, 0.717) is 30.4 Å². The van der Waals surface area contributed by atoms with E-state index in [4.69, 9.17) is 5.11 Å². The number of carbonyl (C=O) groups is 3. The van der Waals surface area contributed by atoms with Crippen LogP contribution < -0.4 is 0 Å². The third-order valence-electron chi connectivity index (χ3n) is 5.37. The first kappa shape index (κ1) is 24.1. The molecule has 0 bridgehead atoms. The van der Waals surface area contributed by atoms with E-state index >= 15 is 0 Å². The van der Waals surface area contributed by atoms with Crippen LogP contribution in [0.2, 0.25) is 0 Å². The van der Waals surface area contributed by atoms with E-state index < -0.39 is 28.6 Å². The van der Waals surface area contributed by atoms with Crippen molar-refractivity contribution in [1.29, 1.82) is 0 Å². The van der Waals surface area contributed by atoms with Crippen LogP contribution in [0.25, 0.3) is 5.76 Å². The van der Waals surface area contributed by atoms with Crippen LogP contribution in [-0.2, 0) is 14.4 Å². The summed E-state index contributed by atoms with van der Waals surface area (Å²) in [5, 5.41) is 30.8. The van der Waals surface area contributed by atoms with E-state index in [1.807, 2.05) is 0 Å². The Hall–Kier alpha value is -3.53. The number of hydrogen-bond donors (Lipinski definition) is 2. The minimum atomic E-state index is -0.922. The number of amides is 1. The molecule has 0 aromatic heterocycles. The van der Waals surface area contributed by atoms with Crippen molar-refractivity contribution in [3.63, 3.8) is 0 Å². The Kier molecular flexibility index (Phi) is 7.59. The summed E-state index contributed by atoms with van der Waals surface area (Å²) in [7, 11) is 0. The molecule has 1 heterocycles. The maximum atomic E-state index is 12.9. The molecule has 2 aromatic rings. The fraction of sp³-hybridized carbons (Fsp3) is 0.261. The molecule has 1 atom stereocenters. The number of ketones is 1. The van der Waals surface area contributed by atoms with Crippen LogP contribution in [0.4, 0.5) is 5.69 Å². The summed E-state index contributed by atoms with van der Waals surface area (Å²) >= 11 is 3.31. The van der Waals surface area contributed by atoms with E-state index in [1.165, 1.54) is 29.2 Å². The summed E-state index contributed by atoms with van der Waals surface area (Å²) in [5.74, 6) is -2.87. The van der Waals surface area contributed by atoms with Crippen molar-refractivity contribution in [3.05, 3.63) is 79.8 Å². The Morgan fingerprint density at radius 2 is 1.64 bits per heavy atom. The summed E-state index contributed by atoms with van der Waals surface area (Å²) in [6.07, 6.45) is 1.44. The molecule has 0 aliphatic carbocycles. The number of aliphatic hydroxyl groups excluding tert-OH is 1. The number of carboxylic acids is 1. The number of Topliss-reactive ketones (excluding diaryl/α,β-unsaturated/α-hetero) is 1. The lowest BCUT2D eigenvalue weighted by Crippen LogP contribution is -2.30. The highest BCUT2D eigenvalue weighted by Crippen LogP contribution is 2.40. The van der Waals surface area contributed by atoms with Gasteiger partial charge in [0, 0.05) is 35.1 Å². The lowest BCUT2D eigenvalue weighted by atomic mass is 9.95. The van der Waals surface area contributed by atoms with Gasteiger partial charge in [-0.15, -0.1) is 0 Å². The van der Waals surface area contributed by atoms with Gasteiger partial charge in [-0.2, -0.15) is 0 Å². The molecule has 1 amide bonds. The quantitative estimate of drug-likeness (QED) is 0.125. The van der Waals surface area contributed by atoms with Crippen LogP contribution in [0.15, 0.2) is 58.6 Å². The molecular weight excluding hydrogens is 496 g/mol. The van der Waals surface area contributed by atoms with E-state index in [2.05, 4.69) is 15.9 Å². The number of nitrogens with zero attached hydrogens (tertiary/aromatic N) is 2. The average molecular weight is 517 g/mol. The summed E-state index contributed by atoms with van der Waals surface area (Å²) < 4.78 is 0.771. The van der Waals surface area contributed by atoms with Crippen LogP contribution in [0.5, 0.6) is 0 Å². The summed E-state index contributed by atoms with van der Waals surface area (Å²) in [6, 6.07) is 11.1. The van der Waals surface area contributed by atoms with Crippen LogP contribution in [0, 0.1) is 10.1 Å².